The van der Waals surface area contributed by atoms with E-state index in [1.165, 1.54) is 6.21 Å². The molecule has 22 heavy (non-hydrogen) atoms. The maximum atomic E-state index is 11.7. The fourth-order valence-corrected chi connectivity index (χ4v) is 1.83. The summed E-state index contributed by atoms with van der Waals surface area (Å²) < 4.78 is 0. The third-order valence-electron chi connectivity index (χ3n) is 2.74. The molecule has 0 bridgehead atoms. The number of amides is 2. The van der Waals surface area contributed by atoms with Gasteiger partial charge >= 0.3 is 11.8 Å². The molecule has 0 aromatic heterocycles. The lowest BCUT2D eigenvalue weighted by Crippen LogP contribution is -2.32. The van der Waals surface area contributed by atoms with Crippen molar-refractivity contribution in [3.05, 3.63) is 64.7 Å². The molecule has 2 aromatic rings. The van der Waals surface area contributed by atoms with E-state index in [0.29, 0.717) is 16.3 Å². The van der Waals surface area contributed by atoms with E-state index in [2.05, 4.69) is 15.8 Å². The van der Waals surface area contributed by atoms with E-state index in [9.17, 15) is 9.59 Å². The molecule has 2 amide bonds. The number of hydrogen-bond donors (Lipinski definition) is 2. The van der Waals surface area contributed by atoms with E-state index < -0.39 is 11.8 Å². The van der Waals surface area contributed by atoms with E-state index in [4.69, 9.17) is 11.6 Å². The first-order chi connectivity index (χ1) is 10.5. The maximum Gasteiger partial charge on any atom is 0.329 e. The van der Waals surface area contributed by atoms with Crippen molar-refractivity contribution in [3.8, 4) is 0 Å². The van der Waals surface area contributed by atoms with Gasteiger partial charge in [-0.05, 0) is 36.8 Å². The number of rotatable bonds is 3. The smallest absolute Gasteiger partial charge is 0.318 e. The Morgan fingerprint density at radius 2 is 1.82 bits per heavy atom. The number of benzene rings is 2. The highest BCUT2D eigenvalue weighted by atomic mass is 35.5. The number of nitrogens with one attached hydrogen (secondary N) is 2. The summed E-state index contributed by atoms with van der Waals surface area (Å²) in [7, 11) is 0. The molecular weight excluding hydrogens is 302 g/mol. The lowest BCUT2D eigenvalue weighted by atomic mass is 10.2. The summed E-state index contributed by atoms with van der Waals surface area (Å²) >= 11 is 5.83. The van der Waals surface area contributed by atoms with E-state index in [1.54, 1.807) is 36.4 Å². The fourth-order valence-electron chi connectivity index (χ4n) is 1.63. The number of nitrogens with zero attached hydrogens (tertiary/aromatic N) is 1. The van der Waals surface area contributed by atoms with Crippen LogP contribution in [0.5, 0.6) is 0 Å². The zero-order chi connectivity index (χ0) is 15.9. The Bertz CT molecular complexity index is 712. The molecule has 0 unspecified atom stereocenters. The van der Waals surface area contributed by atoms with Gasteiger partial charge in [0.1, 0.15) is 0 Å². The Morgan fingerprint density at radius 1 is 1.09 bits per heavy atom. The Hall–Kier alpha value is -2.66. The molecule has 0 radical (unpaired) electrons. The van der Waals surface area contributed by atoms with Crippen molar-refractivity contribution < 1.29 is 9.59 Å². The van der Waals surface area contributed by atoms with Gasteiger partial charge in [0.05, 0.1) is 6.21 Å². The normalized spacial score (nSPS) is 10.5. The van der Waals surface area contributed by atoms with Gasteiger partial charge in [-0.15, -0.1) is 0 Å². The molecular formula is C16H14ClN3O2. The number of anilines is 1. The van der Waals surface area contributed by atoms with Crippen LogP contribution < -0.4 is 10.7 Å². The monoisotopic (exact) mass is 315 g/mol. The average Bonchev–Trinajstić information content (AvgIpc) is 2.49. The Labute approximate surface area is 133 Å². The second kappa shape index (κ2) is 7.38. The van der Waals surface area contributed by atoms with Gasteiger partial charge in [0.15, 0.2) is 0 Å². The maximum absolute atomic E-state index is 11.7. The topological polar surface area (TPSA) is 70.6 Å². The highest BCUT2D eigenvalue weighted by Crippen LogP contribution is 2.09. The minimum Gasteiger partial charge on any atom is -0.318 e. The molecule has 2 rings (SSSR count). The predicted octanol–water partition coefficient (Wildman–Crippen LogP) is 2.74. The third-order valence-corrected chi connectivity index (χ3v) is 2.98. The van der Waals surface area contributed by atoms with Crippen molar-refractivity contribution in [1.29, 1.82) is 0 Å². The van der Waals surface area contributed by atoms with Gasteiger partial charge in [0.25, 0.3) is 0 Å². The van der Waals surface area contributed by atoms with E-state index in [-0.39, 0.29) is 0 Å². The van der Waals surface area contributed by atoms with Crippen LogP contribution in [0.1, 0.15) is 11.1 Å². The van der Waals surface area contributed by atoms with Crippen molar-refractivity contribution in [2.45, 2.75) is 6.92 Å². The lowest BCUT2D eigenvalue weighted by molar-refractivity contribution is -0.136. The quantitative estimate of drug-likeness (QED) is 0.519. The Morgan fingerprint density at radius 3 is 2.50 bits per heavy atom. The van der Waals surface area contributed by atoms with Gasteiger partial charge < -0.3 is 5.32 Å². The molecule has 0 aliphatic carbocycles. The Balaban J connectivity index is 1.89. The first-order valence-corrected chi connectivity index (χ1v) is 6.89. The first-order valence-electron chi connectivity index (χ1n) is 6.51. The molecule has 0 heterocycles. The molecule has 2 aromatic carbocycles. The largest absolute Gasteiger partial charge is 0.329 e. The molecule has 0 aliphatic rings. The SMILES string of the molecule is Cc1ccc(NC(=O)C(=O)NN=Cc2cccc(Cl)c2)cc1. The summed E-state index contributed by atoms with van der Waals surface area (Å²) in [4.78, 5) is 23.3. The minimum absolute atomic E-state index is 0.546. The van der Waals surface area contributed by atoms with Crippen LogP contribution in [-0.2, 0) is 9.59 Å². The van der Waals surface area contributed by atoms with Crippen molar-refractivity contribution in [2.24, 2.45) is 5.10 Å². The second-order valence-electron chi connectivity index (χ2n) is 4.57. The first kappa shape index (κ1) is 15.7. The summed E-state index contributed by atoms with van der Waals surface area (Å²) in [6.45, 7) is 1.93. The van der Waals surface area contributed by atoms with Crippen molar-refractivity contribution in [1.82, 2.24) is 5.43 Å². The zero-order valence-corrected chi connectivity index (χ0v) is 12.6. The van der Waals surface area contributed by atoms with Gasteiger partial charge in [-0.25, -0.2) is 5.43 Å². The predicted molar refractivity (Wildman–Crippen MR) is 87.0 cm³/mol. The molecule has 6 heteroatoms. The number of hydrogen-bond acceptors (Lipinski definition) is 3. The summed E-state index contributed by atoms with van der Waals surface area (Å²) in [5, 5.41) is 6.76. The average molecular weight is 316 g/mol. The van der Waals surface area contributed by atoms with Crippen LogP contribution in [0.4, 0.5) is 5.69 Å². The summed E-state index contributed by atoms with van der Waals surface area (Å²) in [5.74, 6) is -1.63. The molecule has 0 saturated carbocycles. The minimum atomic E-state index is -0.848. The highest BCUT2D eigenvalue weighted by molar-refractivity contribution is 6.39. The van der Waals surface area contributed by atoms with E-state index in [0.717, 1.165) is 5.56 Å². The summed E-state index contributed by atoms with van der Waals surface area (Å²) in [6, 6.07) is 14.1. The van der Waals surface area contributed by atoms with Crippen LogP contribution in [0.3, 0.4) is 0 Å². The van der Waals surface area contributed by atoms with E-state index in [1.807, 2.05) is 19.1 Å². The van der Waals surface area contributed by atoms with Crippen molar-refractivity contribution in [3.63, 3.8) is 0 Å². The Kier molecular flexibility index (Phi) is 5.27. The number of aryl methyl sites for hydroxylation is 1. The third kappa shape index (κ3) is 4.71. The molecule has 5 nitrogen and oxygen atoms in total. The van der Waals surface area contributed by atoms with Gasteiger partial charge in [0.2, 0.25) is 0 Å². The van der Waals surface area contributed by atoms with E-state index >= 15 is 0 Å². The van der Waals surface area contributed by atoms with Crippen molar-refractivity contribution >= 4 is 35.3 Å². The molecule has 0 spiro atoms. The summed E-state index contributed by atoms with van der Waals surface area (Å²) in [6.07, 6.45) is 1.41. The van der Waals surface area contributed by atoms with Crippen LogP contribution in [0.2, 0.25) is 5.02 Å². The number of halogens is 1. The van der Waals surface area contributed by atoms with Gasteiger partial charge in [-0.1, -0.05) is 41.4 Å². The van der Waals surface area contributed by atoms with Crippen LogP contribution in [0, 0.1) is 6.92 Å². The molecule has 0 atom stereocenters. The summed E-state index contributed by atoms with van der Waals surface area (Å²) in [5.41, 5.74) is 4.48. The molecule has 112 valence electrons. The number of hydrazone groups is 1. The highest BCUT2D eigenvalue weighted by Gasteiger charge is 2.12. The number of carbonyl (C=O) groups excluding carboxylic acids is 2. The lowest BCUT2D eigenvalue weighted by Gasteiger charge is -2.04. The van der Waals surface area contributed by atoms with Crippen LogP contribution >= 0.6 is 11.6 Å². The van der Waals surface area contributed by atoms with Gasteiger partial charge in [-0.3, -0.25) is 9.59 Å². The zero-order valence-electron chi connectivity index (χ0n) is 11.8. The molecule has 0 aliphatic heterocycles. The second-order valence-corrected chi connectivity index (χ2v) is 5.01. The molecule has 2 N–H and O–H groups in total. The fraction of sp³-hybridized carbons (Fsp3) is 0.0625. The molecule has 0 saturated heterocycles. The van der Waals surface area contributed by atoms with Crippen LogP contribution in [-0.4, -0.2) is 18.0 Å². The standard InChI is InChI=1S/C16H14ClN3O2/c1-11-5-7-14(8-6-11)19-15(21)16(22)20-18-10-12-3-2-4-13(17)9-12/h2-10H,1H3,(H,19,21)(H,20,22). The van der Waals surface area contributed by atoms with Crippen LogP contribution in [0.15, 0.2) is 53.6 Å². The van der Waals surface area contributed by atoms with Crippen LogP contribution in [0.25, 0.3) is 0 Å². The molecule has 0 fully saturated rings. The van der Waals surface area contributed by atoms with Gasteiger partial charge in [-0.2, -0.15) is 5.10 Å². The van der Waals surface area contributed by atoms with Gasteiger partial charge in [0, 0.05) is 10.7 Å². The number of carbonyl (C=O) groups is 2. The van der Waals surface area contributed by atoms with Crippen molar-refractivity contribution in [2.75, 3.05) is 5.32 Å².